The average molecular weight is 279 g/mol. The highest BCUT2D eigenvalue weighted by Gasteiger charge is 2.30. The van der Waals surface area contributed by atoms with Gasteiger partial charge in [0.1, 0.15) is 0 Å². The number of hydrogen-bond donors (Lipinski definition) is 0. The fourth-order valence-corrected chi connectivity index (χ4v) is 2.80. The van der Waals surface area contributed by atoms with Gasteiger partial charge >= 0.3 is 5.51 Å². The summed E-state index contributed by atoms with van der Waals surface area (Å²) >= 11 is -0.0949. The molecule has 0 spiro atoms. The maximum absolute atomic E-state index is 12.6. The van der Waals surface area contributed by atoms with Gasteiger partial charge in [0, 0.05) is 21.9 Å². The van der Waals surface area contributed by atoms with Gasteiger partial charge in [-0.2, -0.15) is 13.2 Å². The molecule has 0 radical (unpaired) electrons. The van der Waals surface area contributed by atoms with Gasteiger partial charge in [-0.25, -0.2) is 0 Å². The number of fused-ring (bicyclic) bond motifs is 3. The van der Waals surface area contributed by atoms with E-state index in [-0.39, 0.29) is 16.7 Å². The fraction of sp³-hybridized carbons (Fsp3) is 0.0714. The molecule has 0 aliphatic rings. The first-order valence-corrected chi connectivity index (χ1v) is 6.38. The van der Waals surface area contributed by atoms with Crippen molar-refractivity contribution in [3.8, 4) is 0 Å². The molecule has 0 atom stereocenters. The first-order valence-electron chi connectivity index (χ1n) is 5.57. The van der Waals surface area contributed by atoms with Gasteiger partial charge in [-0.1, -0.05) is 30.3 Å². The van der Waals surface area contributed by atoms with Crippen LogP contribution in [0, 0.1) is 0 Å². The smallest absolute Gasteiger partial charge is 0.256 e. The van der Waals surface area contributed by atoms with E-state index in [0.717, 1.165) is 10.8 Å². The van der Waals surface area contributed by atoms with Crippen LogP contribution in [0.2, 0.25) is 0 Å². The molecule has 0 N–H and O–H groups in total. The van der Waals surface area contributed by atoms with Crippen molar-refractivity contribution in [2.24, 2.45) is 0 Å². The van der Waals surface area contributed by atoms with E-state index < -0.39 is 5.51 Å². The maximum Gasteiger partial charge on any atom is 0.446 e. The minimum atomic E-state index is -4.30. The van der Waals surface area contributed by atoms with Crippen LogP contribution in [0.4, 0.5) is 13.2 Å². The van der Waals surface area contributed by atoms with Crippen molar-refractivity contribution < 1.29 is 13.2 Å². The van der Waals surface area contributed by atoms with E-state index in [1.807, 2.05) is 24.3 Å². The van der Waals surface area contributed by atoms with Crippen molar-refractivity contribution in [3.63, 3.8) is 0 Å². The molecule has 19 heavy (non-hydrogen) atoms. The molecule has 0 bridgehead atoms. The monoisotopic (exact) mass is 279 g/mol. The minimum Gasteiger partial charge on any atom is -0.256 e. The summed E-state index contributed by atoms with van der Waals surface area (Å²) < 4.78 is 37.8. The molecule has 3 aromatic rings. The Hall–Kier alpha value is -1.75. The summed E-state index contributed by atoms with van der Waals surface area (Å²) in [6.07, 6.45) is 1.68. The predicted molar refractivity (Wildman–Crippen MR) is 71.2 cm³/mol. The number of aromatic nitrogens is 1. The molecule has 0 saturated heterocycles. The summed E-state index contributed by atoms with van der Waals surface area (Å²) in [5.74, 6) is 0. The molecule has 0 aliphatic heterocycles. The third kappa shape index (κ3) is 2.38. The van der Waals surface area contributed by atoms with Crippen LogP contribution in [0.5, 0.6) is 0 Å². The van der Waals surface area contributed by atoms with Crippen LogP contribution in [0.25, 0.3) is 21.7 Å². The normalized spacial score (nSPS) is 12.2. The third-order valence-electron chi connectivity index (χ3n) is 2.80. The molecular formula is C14H8F3NS. The lowest BCUT2D eigenvalue weighted by Gasteiger charge is -2.10. The molecular weight excluding hydrogens is 271 g/mol. The number of hydrogen-bond acceptors (Lipinski definition) is 2. The zero-order valence-electron chi connectivity index (χ0n) is 9.61. The predicted octanol–water partition coefficient (Wildman–Crippen LogP) is 5.00. The second-order valence-electron chi connectivity index (χ2n) is 4.04. The molecule has 0 amide bonds. The van der Waals surface area contributed by atoms with E-state index in [1.54, 1.807) is 18.3 Å². The number of nitrogens with zero attached hydrogens (tertiary/aromatic N) is 1. The molecule has 1 aromatic heterocycles. The summed E-state index contributed by atoms with van der Waals surface area (Å²) in [6, 6.07) is 12.1. The van der Waals surface area contributed by atoms with Crippen LogP contribution in [-0.4, -0.2) is 10.5 Å². The van der Waals surface area contributed by atoms with Gasteiger partial charge in [-0.3, -0.25) is 4.98 Å². The zero-order chi connectivity index (χ0) is 13.5. The molecule has 1 heterocycles. The van der Waals surface area contributed by atoms with Crippen molar-refractivity contribution in [1.29, 1.82) is 0 Å². The largest absolute Gasteiger partial charge is 0.446 e. The Balaban J connectivity index is 2.36. The van der Waals surface area contributed by atoms with E-state index in [2.05, 4.69) is 4.98 Å². The number of halogens is 3. The van der Waals surface area contributed by atoms with Crippen molar-refractivity contribution in [2.75, 3.05) is 0 Å². The highest BCUT2D eigenvalue weighted by Crippen LogP contribution is 2.41. The van der Waals surface area contributed by atoms with Crippen molar-refractivity contribution in [2.45, 2.75) is 10.4 Å². The third-order valence-corrected chi connectivity index (χ3v) is 3.59. The molecule has 3 rings (SSSR count). The van der Waals surface area contributed by atoms with E-state index in [1.165, 1.54) is 6.07 Å². The second-order valence-corrected chi connectivity index (χ2v) is 5.15. The van der Waals surface area contributed by atoms with E-state index in [0.29, 0.717) is 10.9 Å². The van der Waals surface area contributed by atoms with E-state index >= 15 is 0 Å². The highest BCUT2D eigenvalue weighted by molar-refractivity contribution is 8.00. The van der Waals surface area contributed by atoms with Crippen LogP contribution in [0.15, 0.2) is 53.6 Å². The van der Waals surface area contributed by atoms with E-state index in [4.69, 9.17) is 0 Å². The van der Waals surface area contributed by atoms with Crippen LogP contribution < -0.4 is 0 Å². The first kappa shape index (κ1) is 12.3. The minimum absolute atomic E-state index is 0.0949. The zero-order valence-corrected chi connectivity index (χ0v) is 10.4. The molecule has 96 valence electrons. The van der Waals surface area contributed by atoms with Crippen molar-refractivity contribution in [1.82, 2.24) is 4.98 Å². The first-order chi connectivity index (χ1) is 9.04. The highest BCUT2D eigenvalue weighted by atomic mass is 32.2. The summed E-state index contributed by atoms with van der Waals surface area (Å²) in [4.78, 5) is 4.41. The van der Waals surface area contributed by atoms with Crippen LogP contribution >= 0.6 is 11.8 Å². The number of alkyl halides is 3. The molecule has 5 heteroatoms. The number of thioether (sulfide) groups is 1. The Morgan fingerprint density at radius 1 is 0.947 bits per heavy atom. The van der Waals surface area contributed by atoms with Gasteiger partial charge in [0.25, 0.3) is 0 Å². The van der Waals surface area contributed by atoms with E-state index in [9.17, 15) is 13.2 Å². The Morgan fingerprint density at radius 3 is 2.53 bits per heavy atom. The van der Waals surface area contributed by atoms with Crippen LogP contribution in [0.1, 0.15) is 0 Å². The van der Waals surface area contributed by atoms with Gasteiger partial charge in [-0.05, 0) is 29.3 Å². The van der Waals surface area contributed by atoms with Crippen LogP contribution in [-0.2, 0) is 0 Å². The summed E-state index contributed by atoms with van der Waals surface area (Å²) in [5, 5.41) is 2.19. The summed E-state index contributed by atoms with van der Waals surface area (Å²) in [5.41, 5.74) is -3.72. The van der Waals surface area contributed by atoms with Gasteiger partial charge in [0.2, 0.25) is 0 Å². The lowest BCUT2D eigenvalue weighted by molar-refractivity contribution is -0.0327. The number of benzene rings is 2. The Bertz CT molecular complexity index is 752. The maximum atomic E-state index is 12.6. The van der Waals surface area contributed by atoms with Crippen molar-refractivity contribution in [3.05, 3.63) is 48.7 Å². The Morgan fingerprint density at radius 2 is 1.74 bits per heavy atom. The van der Waals surface area contributed by atoms with Gasteiger partial charge < -0.3 is 0 Å². The van der Waals surface area contributed by atoms with Crippen molar-refractivity contribution >= 4 is 33.4 Å². The number of pyridine rings is 1. The second kappa shape index (κ2) is 4.42. The average Bonchev–Trinajstić information content (AvgIpc) is 2.37. The van der Waals surface area contributed by atoms with Crippen LogP contribution in [0.3, 0.4) is 0 Å². The molecule has 0 fully saturated rings. The fourth-order valence-electron chi connectivity index (χ4n) is 2.08. The summed E-state index contributed by atoms with van der Waals surface area (Å²) in [7, 11) is 0. The number of rotatable bonds is 1. The lowest BCUT2D eigenvalue weighted by Crippen LogP contribution is -1.99. The Kier molecular flexibility index (Phi) is 2.86. The standard InChI is InChI=1S/C14H8F3NS/c15-14(16,17)19-12-7-3-6-11-13(12)10-5-2-1-4-9(10)8-18-11/h1-8H. The molecule has 0 saturated carbocycles. The topological polar surface area (TPSA) is 12.9 Å². The van der Waals surface area contributed by atoms with Gasteiger partial charge in [0.05, 0.1) is 5.52 Å². The lowest BCUT2D eigenvalue weighted by atomic mass is 10.1. The molecule has 0 unspecified atom stereocenters. The quantitative estimate of drug-likeness (QED) is 0.459. The van der Waals surface area contributed by atoms with Gasteiger partial charge in [0.15, 0.2) is 0 Å². The molecule has 0 aliphatic carbocycles. The Labute approximate surface area is 111 Å². The molecule has 1 nitrogen and oxygen atoms in total. The molecule has 2 aromatic carbocycles. The SMILES string of the molecule is FC(F)(F)Sc1cccc2ncc3ccccc3c12. The van der Waals surface area contributed by atoms with Gasteiger partial charge in [-0.15, -0.1) is 0 Å². The summed E-state index contributed by atoms with van der Waals surface area (Å²) in [6.45, 7) is 0.